The van der Waals surface area contributed by atoms with E-state index in [4.69, 9.17) is 9.97 Å². The Bertz CT molecular complexity index is 3890. The molecule has 0 bridgehead atoms. The fourth-order valence-corrected chi connectivity index (χ4v) is 10.8. The van der Waals surface area contributed by atoms with Crippen molar-refractivity contribution in [2.45, 2.75) is 5.92 Å². The molecule has 9 aromatic carbocycles. The van der Waals surface area contributed by atoms with E-state index in [2.05, 4.69) is 197 Å². The summed E-state index contributed by atoms with van der Waals surface area (Å²) in [5, 5.41) is 10.9. The second-order valence-corrected chi connectivity index (χ2v) is 16.0. The first kappa shape index (κ1) is 31.3. The molecule has 4 aromatic heterocycles. The van der Waals surface area contributed by atoms with E-state index in [9.17, 15) is 0 Å². The number of rotatable bonds is 3. The molecule has 1 aliphatic carbocycles. The highest BCUT2D eigenvalue weighted by Gasteiger charge is 2.33. The Morgan fingerprint density at radius 3 is 1.98 bits per heavy atom. The van der Waals surface area contributed by atoms with Crippen molar-refractivity contribution in [1.82, 2.24) is 18.9 Å². The van der Waals surface area contributed by atoms with Gasteiger partial charge in [0.2, 0.25) is 5.95 Å². The Morgan fingerprint density at radius 2 is 1.08 bits per heavy atom. The molecule has 0 radical (unpaired) electrons. The number of hydrogen-bond acceptors (Lipinski definition) is 2. The van der Waals surface area contributed by atoms with Crippen LogP contribution in [-0.2, 0) is 0 Å². The number of aromatic nitrogens is 4. The molecule has 4 nitrogen and oxygen atoms in total. The van der Waals surface area contributed by atoms with Gasteiger partial charge in [-0.3, -0.25) is 4.57 Å². The number of benzene rings is 9. The van der Waals surface area contributed by atoms with E-state index in [1.54, 1.807) is 0 Å². The molecule has 0 saturated carbocycles. The zero-order valence-electron chi connectivity index (χ0n) is 31.8. The third-order valence-corrected chi connectivity index (χ3v) is 13.1. The fraction of sp³-hybridized carbons (Fsp3) is 0.0182. The Balaban J connectivity index is 1.13. The highest BCUT2D eigenvalue weighted by atomic mass is 15.2. The van der Waals surface area contributed by atoms with Crippen LogP contribution in [-0.4, -0.2) is 18.9 Å². The lowest BCUT2D eigenvalue weighted by atomic mass is 9.89. The predicted molar refractivity (Wildman–Crippen MR) is 244 cm³/mol. The summed E-state index contributed by atoms with van der Waals surface area (Å²) >= 11 is 0. The van der Waals surface area contributed by atoms with Crippen molar-refractivity contribution in [1.29, 1.82) is 0 Å². The van der Waals surface area contributed by atoms with Crippen molar-refractivity contribution in [2.75, 3.05) is 0 Å². The van der Waals surface area contributed by atoms with E-state index >= 15 is 0 Å². The highest BCUT2D eigenvalue weighted by Crippen LogP contribution is 2.53. The van der Waals surface area contributed by atoms with Gasteiger partial charge < -0.3 is 4.40 Å². The minimum Gasteiger partial charge on any atom is -0.308 e. The molecule has 0 N–H and O–H groups in total. The maximum Gasteiger partial charge on any atom is 0.235 e. The highest BCUT2D eigenvalue weighted by molar-refractivity contribution is 6.32. The molecular formula is C55H32N4. The maximum atomic E-state index is 5.53. The van der Waals surface area contributed by atoms with E-state index in [1.807, 2.05) is 0 Å². The molecule has 0 saturated heterocycles. The van der Waals surface area contributed by atoms with Gasteiger partial charge in [-0.1, -0.05) is 158 Å². The molecule has 1 unspecified atom stereocenters. The Morgan fingerprint density at radius 1 is 0.407 bits per heavy atom. The van der Waals surface area contributed by atoms with E-state index < -0.39 is 0 Å². The molecule has 1 aliphatic rings. The lowest BCUT2D eigenvalue weighted by Crippen LogP contribution is -2.04. The predicted octanol–water partition coefficient (Wildman–Crippen LogP) is 13.9. The van der Waals surface area contributed by atoms with Gasteiger partial charge in [-0.25, -0.2) is 9.97 Å². The summed E-state index contributed by atoms with van der Waals surface area (Å²) in [6, 6.07) is 68.7. The smallest absolute Gasteiger partial charge is 0.235 e. The van der Waals surface area contributed by atoms with Gasteiger partial charge >= 0.3 is 0 Å². The van der Waals surface area contributed by atoms with Crippen LogP contribution < -0.4 is 0 Å². The molecule has 0 aliphatic heterocycles. The summed E-state index contributed by atoms with van der Waals surface area (Å²) in [5.74, 6) is 0.846. The second kappa shape index (κ2) is 11.4. The molecule has 1 atom stereocenters. The average molecular weight is 749 g/mol. The van der Waals surface area contributed by atoms with Crippen LogP contribution in [0.2, 0.25) is 0 Å². The summed E-state index contributed by atoms with van der Waals surface area (Å²) < 4.78 is 4.85. The van der Waals surface area contributed by atoms with Crippen LogP contribution >= 0.6 is 0 Å². The molecule has 0 amide bonds. The van der Waals surface area contributed by atoms with Crippen molar-refractivity contribution in [2.24, 2.45) is 0 Å². The van der Waals surface area contributed by atoms with Gasteiger partial charge in [-0.05, 0) is 74.3 Å². The molecule has 0 fully saturated rings. The number of fused-ring (bicyclic) bond motifs is 12. The van der Waals surface area contributed by atoms with Crippen molar-refractivity contribution in [3.8, 4) is 28.3 Å². The topological polar surface area (TPSA) is 35.1 Å². The fourth-order valence-electron chi connectivity index (χ4n) is 10.8. The zero-order valence-corrected chi connectivity index (χ0v) is 31.8. The molecule has 59 heavy (non-hydrogen) atoms. The molecule has 4 heteroatoms. The zero-order chi connectivity index (χ0) is 38.3. The summed E-state index contributed by atoms with van der Waals surface area (Å²) in [6.07, 6.45) is 0. The van der Waals surface area contributed by atoms with Crippen LogP contribution in [0.1, 0.15) is 22.6 Å². The standard InChI is InChI=1S/C55H32N4/c1-3-15-33(16-4-1)47-36-20-9-10-21-37(36)48-40(47)29-31-46-51(48)41-24-11-23-39-38-22-12-25-43-50(38)52-44(58(46)54(39)41)26-13-27-45(52)59(43)55-56-42-30-28-32-14-7-8-19-35(32)49(42)53(57-55)34-17-5-2-6-18-34/h1-31,47H. The minimum atomic E-state index is 0.180. The van der Waals surface area contributed by atoms with Gasteiger partial charge in [0.1, 0.15) is 0 Å². The first-order chi connectivity index (χ1) is 29.3. The van der Waals surface area contributed by atoms with Crippen LogP contribution in [0.4, 0.5) is 0 Å². The van der Waals surface area contributed by atoms with Gasteiger partial charge in [0.25, 0.3) is 0 Å². The van der Waals surface area contributed by atoms with Crippen LogP contribution in [0.5, 0.6) is 0 Å². The Kier molecular flexibility index (Phi) is 6.05. The molecule has 14 rings (SSSR count). The number of hydrogen-bond donors (Lipinski definition) is 0. The summed E-state index contributed by atoms with van der Waals surface area (Å²) in [4.78, 5) is 10.9. The molecule has 4 heterocycles. The van der Waals surface area contributed by atoms with Gasteiger partial charge in [-0.15, -0.1) is 0 Å². The lowest BCUT2D eigenvalue weighted by Gasteiger charge is -2.14. The molecular weight excluding hydrogens is 717 g/mol. The quantitative estimate of drug-likeness (QED) is 0.169. The van der Waals surface area contributed by atoms with Gasteiger partial charge in [0.15, 0.2) is 0 Å². The van der Waals surface area contributed by atoms with Crippen LogP contribution in [0.25, 0.3) is 110 Å². The summed E-state index contributed by atoms with van der Waals surface area (Å²) in [6.45, 7) is 0. The van der Waals surface area contributed by atoms with E-state index in [-0.39, 0.29) is 5.92 Å². The Labute approximate surface area is 338 Å². The lowest BCUT2D eigenvalue weighted by molar-refractivity contribution is 1.01. The maximum absolute atomic E-state index is 5.53. The van der Waals surface area contributed by atoms with Crippen LogP contribution in [0.15, 0.2) is 188 Å². The van der Waals surface area contributed by atoms with E-state index in [1.165, 1.54) is 82.1 Å². The van der Waals surface area contributed by atoms with Crippen molar-refractivity contribution in [3.63, 3.8) is 0 Å². The van der Waals surface area contributed by atoms with Crippen molar-refractivity contribution >= 4 is 81.6 Å². The average Bonchev–Trinajstić information content (AvgIpc) is 3.92. The van der Waals surface area contributed by atoms with Gasteiger partial charge in [0.05, 0.1) is 38.8 Å². The van der Waals surface area contributed by atoms with E-state index in [0.29, 0.717) is 5.95 Å². The summed E-state index contributed by atoms with van der Waals surface area (Å²) in [5.41, 5.74) is 15.5. The molecule has 272 valence electrons. The Hall–Kier alpha value is -7.82. The molecule has 13 aromatic rings. The summed E-state index contributed by atoms with van der Waals surface area (Å²) in [7, 11) is 0. The normalized spacial score (nSPS) is 13.9. The van der Waals surface area contributed by atoms with Crippen LogP contribution in [0.3, 0.4) is 0 Å². The second-order valence-electron chi connectivity index (χ2n) is 16.0. The number of para-hydroxylation sites is 1. The van der Waals surface area contributed by atoms with E-state index in [0.717, 1.165) is 38.6 Å². The molecule has 0 spiro atoms. The third kappa shape index (κ3) is 4.02. The van der Waals surface area contributed by atoms with Crippen molar-refractivity contribution < 1.29 is 0 Å². The third-order valence-electron chi connectivity index (χ3n) is 13.1. The van der Waals surface area contributed by atoms with Gasteiger partial charge in [0, 0.05) is 43.8 Å². The largest absolute Gasteiger partial charge is 0.308 e. The SMILES string of the molecule is c1ccc(-c2nc(-n3c4cccc5c6cccc7c8c9c(ccc8n(c8cccc3c8c54)c67)C(c3ccccc3)c3ccccc3-9)nc3ccc4ccccc4c23)cc1. The first-order valence-corrected chi connectivity index (χ1v) is 20.4. The first-order valence-electron chi connectivity index (χ1n) is 20.4. The minimum absolute atomic E-state index is 0.180. The van der Waals surface area contributed by atoms with Gasteiger partial charge in [-0.2, -0.15) is 0 Å². The number of nitrogens with zero attached hydrogens (tertiary/aromatic N) is 4. The monoisotopic (exact) mass is 748 g/mol. The van der Waals surface area contributed by atoms with Crippen molar-refractivity contribution in [3.05, 3.63) is 205 Å². The van der Waals surface area contributed by atoms with Crippen LogP contribution in [0, 0.1) is 0 Å².